The minimum Gasteiger partial charge on any atom is -0.362 e. The quantitative estimate of drug-likeness (QED) is 0.625. The lowest BCUT2D eigenvalue weighted by Crippen LogP contribution is -2.11. The molecule has 0 saturated heterocycles. The molecule has 0 aliphatic rings. The molecular formula is C14H12ClN3. The maximum atomic E-state index is 6.07. The second kappa shape index (κ2) is 4.10. The van der Waals surface area contributed by atoms with Crippen LogP contribution in [-0.2, 0) is 0 Å². The predicted octanol–water partition coefficient (Wildman–Crippen LogP) is 3.50. The van der Waals surface area contributed by atoms with Crippen molar-refractivity contribution < 1.29 is 0 Å². The third-order valence-corrected chi connectivity index (χ3v) is 3.20. The van der Waals surface area contributed by atoms with Gasteiger partial charge in [0.1, 0.15) is 5.82 Å². The van der Waals surface area contributed by atoms with E-state index in [2.05, 4.69) is 9.97 Å². The molecule has 1 aromatic carbocycles. The van der Waals surface area contributed by atoms with E-state index >= 15 is 0 Å². The van der Waals surface area contributed by atoms with E-state index in [1.165, 1.54) is 0 Å². The third kappa shape index (κ3) is 1.68. The molecule has 90 valence electrons. The molecule has 0 bridgehead atoms. The number of aromatic nitrogens is 2. The second-order valence-corrected chi connectivity index (χ2v) is 4.85. The van der Waals surface area contributed by atoms with Crippen molar-refractivity contribution in [3.05, 3.63) is 41.7 Å². The van der Waals surface area contributed by atoms with Crippen LogP contribution < -0.4 is 4.90 Å². The lowest BCUT2D eigenvalue weighted by Gasteiger charge is -2.15. The van der Waals surface area contributed by atoms with E-state index in [1.54, 1.807) is 6.20 Å². The van der Waals surface area contributed by atoms with Gasteiger partial charge in [0.25, 0.3) is 0 Å². The average Bonchev–Trinajstić information content (AvgIpc) is 2.37. The Morgan fingerprint density at radius 3 is 2.67 bits per heavy atom. The van der Waals surface area contributed by atoms with Crippen LogP contribution in [0.15, 0.2) is 36.7 Å². The molecule has 3 rings (SSSR count). The largest absolute Gasteiger partial charge is 0.362 e. The smallest absolute Gasteiger partial charge is 0.138 e. The Morgan fingerprint density at radius 2 is 1.89 bits per heavy atom. The summed E-state index contributed by atoms with van der Waals surface area (Å²) in [6.07, 6.45) is 3.64. The van der Waals surface area contributed by atoms with Crippen molar-refractivity contribution >= 4 is 39.1 Å². The zero-order valence-corrected chi connectivity index (χ0v) is 10.9. The second-order valence-electron chi connectivity index (χ2n) is 4.41. The molecule has 3 nitrogen and oxygen atoms in total. The third-order valence-electron chi connectivity index (χ3n) is 2.96. The normalized spacial score (nSPS) is 11.1. The van der Waals surface area contributed by atoms with Gasteiger partial charge in [-0.1, -0.05) is 11.6 Å². The zero-order valence-electron chi connectivity index (χ0n) is 10.2. The van der Waals surface area contributed by atoms with Crippen LogP contribution in [0.2, 0.25) is 5.02 Å². The number of nitrogens with zero attached hydrogens (tertiary/aromatic N) is 3. The van der Waals surface area contributed by atoms with E-state index in [1.807, 2.05) is 49.5 Å². The minimum atomic E-state index is 0.722. The monoisotopic (exact) mass is 257 g/mol. The number of benzene rings is 1. The van der Waals surface area contributed by atoms with Gasteiger partial charge in [-0.05, 0) is 29.7 Å². The first-order valence-corrected chi connectivity index (χ1v) is 6.05. The molecule has 2 aromatic heterocycles. The van der Waals surface area contributed by atoms with Crippen LogP contribution in [0.4, 0.5) is 5.82 Å². The zero-order chi connectivity index (χ0) is 12.7. The van der Waals surface area contributed by atoms with Crippen molar-refractivity contribution in [3.8, 4) is 0 Å². The maximum absolute atomic E-state index is 6.07. The molecule has 0 fully saturated rings. The van der Waals surface area contributed by atoms with Crippen molar-refractivity contribution in [2.75, 3.05) is 19.0 Å². The Hall–Kier alpha value is -1.87. The van der Waals surface area contributed by atoms with Crippen molar-refractivity contribution in [2.45, 2.75) is 0 Å². The number of pyridine rings is 2. The van der Waals surface area contributed by atoms with Gasteiger partial charge in [0.05, 0.1) is 5.52 Å². The molecule has 0 spiro atoms. The molecule has 0 atom stereocenters. The van der Waals surface area contributed by atoms with Crippen molar-refractivity contribution in [3.63, 3.8) is 0 Å². The SMILES string of the molecule is CN(C)c1nc2ccc(Cl)cc2c2ccncc12. The molecular weight excluding hydrogens is 246 g/mol. The van der Waals surface area contributed by atoms with Crippen molar-refractivity contribution in [2.24, 2.45) is 0 Å². The fraction of sp³-hybridized carbons (Fsp3) is 0.143. The number of hydrogen-bond donors (Lipinski definition) is 0. The highest BCUT2D eigenvalue weighted by Crippen LogP contribution is 2.31. The highest BCUT2D eigenvalue weighted by atomic mass is 35.5. The molecule has 0 unspecified atom stereocenters. The van der Waals surface area contributed by atoms with Gasteiger partial charge in [0.2, 0.25) is 0 Å². The summed E-state index contributed by atoms with van der Waals surface area (Å²) < 4.78 is 0. The van der Waals surface area contributed by atoms with Crippen LogP contribution in [0, 0.1) is 0 Å². The number of hydrogen-bond acceptors (Lipinski definition) is 3. The van der Waals surface area contributed by atoms with Crippen LogP contribution in [0.1, 0.15) is 0 Å². The molecule has 0 saturated carbocycles. The van der Waals surface area contributed by atoms with E-state index in [9.17, 15) is 0 Å². The molecule has 18 heavy (non-hydrogen) atoms. The Morgan fingerprint density at radius 1 is 1.06 bits per heavy atom. The van der Waals surface area contributed by atoms with Gasteiger partial charge >= 0.3 is 0 Å². The molecule has 0 N–H and O–H groups in total. The topological polar surface area (TPSA) is 29.0 Å². The van der Waals surface area contributed by atoms with E-state index in [0.29, 0.717) is 0 Å². The van der Waals surface area contributed by atoms with E-state index < -0.39 is 0 Å². The van der Waals surface area contributed by atoms with Gasteiger partial charge in [-0.25, -0.2) is 4.98 Å². The Kier molecular flexibility index (Phi) is 2.56. The van der Waals surface area contributed by atoms with Crippen molar-refractivity contribution in [1.29, 1.82) is 0 Å². The fourth-order valence-corrected chi connectivity index (χ4v) is 2.32. The van der Waals surface area contributed by atoms with Gasteiger partial charge in [-0.2, -0.15) is 0 Å². The summed E-state index contributed by atoms with van der Waals surface area (Å²) >= 11 is 6.07. The number of halogens is 1. The Bertz CT molecular complexity index is 738. The summed E-state index contributed by atoms with van der Waals surface area (Å²) in [5, 5.41) is 3.95. The van der Waals surface area contributed by atoms with Gasteiger partial charge in [-0.15, -0.1) is 0 Å². The highest BCUT2D eigenvalue weighted by Gasteiger charge is 2.09. The Labute approximate surface area is 110 Å². The summed E-state index contributed by atoms with van der Waals surface area (Å²) in [6, 6.07) is 7.77. The first kappa shape index (κ1) is 11.2. The predicted molar refractivity (Wildman–Crippen MR) is 76.4 cm³/mol. The number of fused-ring (bicyclic) bond motifs is 3. The van der Waals surface area contributed by atoms with Gasteiger partial charge in [0.15, 0.2) is 0 Å². The van der Waals surface area contributed by atoms with Crippen LogP contribution >= 0.6 is 11.6 Å². The molecule has 0 amide bonds. The first-order chi connectivity index (χ1) is 8.66. The van der Waals surface area contributed by atoms with Crippen LogP contribution in [0.25, 0.3) is 21.7 Å². The van der Waals surface area contributed by atoms with E-state index in [-0.39, 0.29) is 0 Å². The van der Waals surface area contributed by atoms with E-state index in [4.69, 9.17) is 11.6 Å². The molecule has 4 heteroatoms. The number of rotatable bonds is 1. The van der Waals surface area contributed by atoms with Crippen LogP contribution in [0.5, 0.6) is 0 Å². The maximum Gasteiger partial charge on any atom is 0.138 e. The van der Waals surface area contributed by atoms with Crippen molar-refractivity contribution in [1.82, 2.24) is 9.97 Å². The van der Waals surface area contributed by atoms with Crippen LogP contribution in [0.3, 0.4) is 0 Å². The van der Waals surface area contributed by atoms with Crippen LogP contribution in [-0.4, -0.2) is 24.1 Å². The summed E-state index contributed by atoms with van der Waals surface area (Å²) in [5.74, 6) is 0.924. The summed E-state index contributed by atoms with van der Waals surface area (Å²) in [7, 11) is 3.97. The molecule has 2 heterocycles. The summed E-state index contributed by atoms with van der Waals surface area (Å²) in [4.78, 5) is 10.9. The van der Waals surface area contributed by atoms with E-state index in [0.717, 1.165) is 32.5 Å². The average molecular weight is 258 g/mol. The lowest BCUT2D eigenvalue weighted by molar-refractivity contribution is 1.09. The molecule has 0 aliphatic carbocycles. The first-order valence-electron chi connectivity index (χ1n) is 5.67. The number of anilines is 1. The fourth-order valence-electron chi connectivity index (χ4n) is 2.14. The summed E-state index contributed by atoms with van der Waals surface area (Å²) in [5.41, 5.74) is 0.946. The summed E-state index contributed by atoms with van der Waals surface area (Å²) in [6.45, 7) is 0. The molecule has 3 aromatic rings. The van der Waals surface area contributed by atoms with Gasteiger partial charge in [0, 0.05) is 42.3 Å². The standard InChI is InChI=1S/C14H12ClN3/c1-18(2)14-12-8-16-6-5-10(12)11-7-9(15)3-4-13(11)17-14/h3-8H,1-2H3. The molecule has 0 aliphatic heterocycles. The van der Waals surface area contributed by atoms with Gasteiger partial charge < -0.3 is 4.90 Å². The molecule has 0 radical (unpaired) electrons. The Balaban J connectivity index is 2.53. The highest BCUT2D eigenvalue weighted by molar-refractivity contribution is 6.31. The minimum absolute atomic E-state index is 0.722. The van der Waals surface area contributed by atoms with Gasteiger partial charge in [-0.3, -0.25) is 4.98 Å². The lowest BCUT2D eigenvalue weighted by atomic mass is 10.1.